The minimum Gasteiger partial charge on any atom is -0.349 e. The SMILES string of the molecule is CC1CCC2(CC1)OC[C@@H](CNC(=O)c1cnn(C)c1)O2. The molecule has 1 N–H and O–H groups in total. The molecule has 1 atom stereocenters. The quantitative estimate of drug-likeness (QED) is 0.916. The van der Waals surface area contributed by atoms with E-state index in [2.05, 4.69) is 17.3 Å². The van der Waals surface area contributed by atoms with Crippen LogP contribution in [0.5, 0.6) is 0 Å². The average molecular weight is 293 g/mol. The number of carbonyl (C=O) groups is 1. The molecule has 2 fully saturated rings. The lowest BCUT2D eigenvalue weighted by atomic mass is 9.86. The molecular weight excluding hydrogens is 270 g/mol. The van der Waals surface area contributed by atoms with Crippen molar-refractivity contribution in [2.75, 3.05) is 13.2 Å². The Morgan fingerprint density at radius 2 is 2.29 bits per heavy atom. The van der Waals surface area contributed by atoms with Crippen molar-refractivity contribution in [3.8, 4) is 0 Å². The van der Waals surface area contributed by atoms with Gasteiger partial charge in [-0.15, -0.1) is 0 Å². The first-order valence-corrected chi connectivity index (χ1v) is 7.65. The van der Waals surface area contributed by atoms with Gasteiger partial charge in [-0.25, -0.2) is 0 Å². The van der Waals surface area contributed by atoms with Crippen molar-refractivity contribution in [2.45, 2.75) is 44.5 Å². The highest BCUT2D eigenvalue weighted by atomic mass is 16.7. The lowest BCUT2D eigenvalue weighted by molar-refractivity contribution is -0.191. The fourth-order valence-corrected chi connectivity index (χ4v) is 3.03. The highest BCUT2D eigenvalue weighted by Crippen LogP contribution is 2.39. The zero-order chi connectivity index (χ0) is 14.9. The highest BCUT2D eigenvalue weighted by Gasteiger charge is 2.43. The normalized spacial score (nSPS) is 32.5. The van der Waals surface area contributed by atoms with Gasteiger partial charge in [0.2, 0.25) is 0 Å². The van der Waals surface area contributed by atoms with Crippen LogP contribution in [0.1, 0.15) is 43.0 Å². The van der Waals surface area contributed by atoms with Crippen molar-refractivity contribution < 1.29 is 14.3 Å². The molecule has 1 aromatic rings. The fourth-order valence-electron chi connectivity index (χ4n) is 3.03. The maximum absolute atomic E-state index is 12.0. The third-order valence-electron chi connectivity index (χ3n) is 4.41. The minimum atomic E-state index is -0.393. The number of nitrogens with zero attached hydrogens (tertiary/aromatic N) is 2. The average Bonchev–Trinajstić information content (AvgIpc) is 3.07. The monoisotopic (exact) mass is 293 g/mol. The van der Waals surface area contributed by atoms with Crippen LogP contribution in [0.25, 0.3) is 0 Å². The summed E-state index contributed by atoms with van der Waals surface area (Å²) in [6.45, 7) is 3.31. The summed E-state index contributed by atoms with van der Waals surface area (Å²) in [5, 5.41) is 6.88. The molecule has 1 aliphatic heterocycles. The molecule has 1 amide bonds. The molecule has 0 radical (unpaired) electrons. The van der Waals surface area contributed by atoms with E-state index in [4.69, 9.17) is 9.47 Å². The van der Waals surface area contributed by atoms with Crippen LogP contribution in [-0.4, -0.2) is 40.7 Å². The zero-order valence-corrected chi connectivity index (χ0v) is 12.7. The van der Waals surface area contributed by atoms with E-state index in [-0.39, 0.29) is 12.0 Å². The molecule has 2 heterocycles. The summed E-state index contributed by atoms with van der Waals surface area (Å²) in [5.74, 6) is 0.244. The molecule has 116 valence electrons. The topological polar surface area (TPSA) is 65.4 Å². The van der Waals surface area contributed by atoms with Gasteiger partial charge in [0, 0.05) is 32.6 Å². The van der Waals surface area contributed by atoms with Gasteiger partial charge in [0.05, 0.1) is 18.4 Å². The van der Waals surface area contributed by atoms with E-state index in [0.29, 0.717) is 18.7 Å². The molecular formula is C15H23N3O3. The van der Waals surface area contributed by atoms with Gasteiger partial charge in [0.25, 0.3) is 5.91 Å². The number of aromatic nitrogens is 2. The Balaban J connectivity index is 1.48. The number of hydrogen-bond donors (Lipinski definition) is 1. The molecule has 21 heavy (non-hydrogen) atoms. The van der Waals surface area contributed by atoms with Crippen molar-refractivity contribution in [2.24, 2.45) is 13.0 Å². The molecule has 6 nitrogen and oxygen atoms in total. The van der Waals surface area contributed by atoms with Gasteiger partial charge in [-0.2, -0.15) is 5.10 Å². The zero-order valence-electron chi connectivity index (χ0n) is 12.7. The summed E-state index contributed by atoms with van der Waals surface area (Å²) in [7, 11) is 1.79. The standard InChI is InChI=1S/C15H23N3O3/c1-11-3-5-15(6-4-11)20-10-13(21-15)8-16-14(19)12-7-17-18(2)9-12/h7,9,11,13H,3-6,8,10H2,1-2H3,(H,16,19)/t11?,13-,15?/m1/s1. The molecule has 1 spiro atoms. The number of carbonyl (C=O) groups excluding carboxylic acids is 1. The first-order chi connectivity index (χ1) is 10.1. The van der Waals surface area contributed by atoms with Gasteiger partial charge in [-0.05, 0) is 18.8 Å². The van der Waals surface area contributed by atoms with Crippen molar-refractivity contribution in [3.05, 3.63) is 18.0 Å². The van der Waals surface area contributed by atoms with Gasteiger partial charge < -0.3 is 14.8 Å². The van der Waals surface area contributed by atoms with Gasteiger partial charge in [-0.1, -0.05) is 6.92 Å². The van der Waals surface area contributed by atoms with Crippen LogP contribution in [0.15, 0.2) is 12.4 Å². The molecule has 1 aliphatic carbocycles. The fraction of sp³-hybridized carbons (Fsp3) is 0.733. The summed E-state index contributed by atoms with van der Waals surface area (Å²) < 4.78 is 13.6. The van der Waals surface area contributed by atoms with E-state index < -0.39 is 5.79 Å². The second kappa shape index (κ2) is 5.77. The van der Waals surface area contributed by atoms with E-state index in [1.54, 1.807) is 24.1 Å². The van der Waals surface area contributed by atoms with E-state index in [9.17, 15) is 4.79 Å². The van der Waals surface area contributed by atoms with E-state index in [1.165, 1.54) is 0 Å². The summed E-state index contributed by atoms with van der Waals surface area (Å²) in [5.41, 5.74) is 0.567. The first-order valence-electron chi connectivity index (χ1n) is 7.65. The number of aryl methyl sites for hydroxylation is 1. The number of nitrogens with one attached hydrogen (secondary N) is 1. The molecule has 0 unspecified atom stereocenters. The Labute approximate surface area is 124 Å². The molecule has 3 rings (SSSR count). The second-order valence-electron chi connectivity index (χ2n) is 6.26. The predicted molar refractivity (Wildman–Crippen MR) is 76.7 cm³/mol. The lowest BCUT2D eigenvalue weighted by Crippen LogP contribution is -2.38. The Bertz CT molecular complexity index is 506. The number of hydrogen-bond acceptors (Lipinski definition) is 4. The Hall–Kier alpha value is -1.40. The summed E-state index contributed by atoms with van der Waals surface area (Å²) in [6.07, 6.45) is 7.42. The van der Waals surface area contributed by atoms with E-state index in [1.807, 2.05) is 0 Å². The van der Waals surface area contributed by atoms with Crippen molar-refractivity contribution in [3.63, 3.8) is 0 Å². The lowest BCUT2D eigenvalue weighted by Gasteiger charge is -2.34. The third-order valence-corrected chi connectivity index (χ3v) is 4.41. The van der Waals surface area contributed by atoms with E-state index in [0.717, 1.165) is 31.6 Å². The number of amides is 1. The highest BCUT2D eigenvalue weighted by molar-refractivity contribution is 5.93. The van der Waals surface area contributed by atoms with Crippen LogP contribution in [0.4, 0.5) is 0 Å². The van der Waals surface area contributed by atoms with Gasteiger partial charge in [0.1, 0.15) is 6.10 Å². The third kappa shape index (κ3) is 3.27. The van der Waals surface area contributed by atoms with Crippen LogP contribution in [-0.2, 0) is 16.5 Å². The second-order valence-corrected chi connectivity index (χ2v) is 6.26. The molecule has 1 aromatic heterocycles. The van der Waals surface area contributed by atoms with Crippen LogP contribution < -0.4 is 5.32 Å². The Kier molecular flexibility index (Phi) is 3.99. The molecule has 0 aromatic carbocycles. The van der Waals surface area contributed by atoms with Crippen LogP contribution >= 0.6 is 0 Å². The van der Waals surface area contributed by atoms with Crippen LogP contribution in [0.3, 0.4) is 0 Å². The molecule has 1 saturated heterocycles. The largest absolute Gasteiger partial charge is 0.349 e. The molecule has 6 heteroatoms. The van der Waals surface area contributed by atoms with Crippen molar-refractivity contribution in [1.82, 2.24) is 15.1 Å². The smallest absolute Gasteiger partial charge is 0.254 e. The Morgan fingerprint density at radius 1 is 1.52 bits per heavy atom. The molecule has 0 bridgehead atoms. The van der Waals surface area contributed by atoms with Gasteiger partial charge in [0.15, 0.2) is 5.79 Å². The molecule has 2 aliphatic rings. The maximum atomic E-state index is 12.0. The number of rotatable bonds is 3. The maximum Gasteiger partial charge on any atom is 0.254 e. The summed E-state index contributed by atoms with van der Waals surface area (Å²) >= 11 is 0. The number of ether oxygens (including phenoxy) is 2. The van der Waals surface area contributed by atoms with Gasteiger partial charge in [-0.3, -0.25) is 9.48 Å². The summed E-state index contributed by atoms with van der Waals surface area (Å²) in [4.78, 5) is 12.0. The predicted octanol–water partition coefficient (Wildman–Crippen LogP) is 1.47. The minimum absolute atomic E-state index is 0.0565. The van der Waals surface area contributed by atoms with Crippen molar-refractivity contribution in [1.29, 1.82) is 0 Å². The van der Waals surface area contributed by atoms with Gasteiger partial charge >= 0.3 is 0 Å². The van der Waals surface area contributed by atoms with Crippen LogP contribution in [0.2, 0.25) is 0 Å². The van der Waals surface area contributed by atoms with Crippen molar-refractivity contribution >= 4 is 5.91 Å². The Morgan fingerprint density at radius 3 is 2.95 bits per heavy atom. The van der Waals surface area contributed by atoms with E-state index >= 15 is 0 Å². The molecule has 1 saturated carbocycles. The summed E-state index contributed by atoms with van der Waals surface area (Å²) in [6, 6.07) is 0. The van der Waals surface area contributed by atoms with Crippen LogP contribution in [0, 0.1) is 5.92 Å². The first kappa shape index (κ1) is 14.5.